The first-order chi connectivity index (χ1) is 12.4. The molecule has 10 heteroatoms. The Bertz CT molecular complexity index is 737. The number of aliphatic hydroxyl groups is 1. The number of amides is 1. The highest BCUT2D eigenvalue weighted by Gasteiger charge is 2.21. The predicted octanol–water partition coefficient (Wildman–Crippen LogP) is 0.150. The van der Waals surface area contributed by atoms with E-state index in [9.17, 15) is 24.9 Å². The zero-order valence-electron chi connectivity index (χ0n) is 13.8. The summed E-state index contributed by atoms with van der Waals surface area (Å²) in [5, 5.41) is 30.4. The van der Waals surface area contributed by atoms with E-state index in [2.05, 4.69) is 10.2 Å². The highest BCUT2D eigenvalue weighted by molar-refractivity contribution is 5.86. The number of methoxy groups -OCH3 is 1. The molecular formula is C16H18N2O8. The molecule has 26 heavy (non-hydrogen) atoms. The number of carbonyl (C=O) groups is 2. The average Bonchev–Trinajstić information content (AvgIpc) is 2.96. The van der Waals surface area contributed by atoms with E-state index in [4.69, 9.17) is 9.47 Å². The van der Waals surface area contributed by atoms with Gasteiger partial charge in [0.25, 0.3) is 6.29 Å². The zero-order valence-corrected chi connectivity index (χ0v) is 13.8. The van der Waals surface area contributed by atoms with E-state index >= 15 is 0 Å². The fourth-order valence-corrected chi connectivity index (χ4v) is 1.84. The van der Waals surface area contributed by atoms with Crippen LogP contribution >= 0.6 is 0 Å². The van der Waals surface area contributed by atoms with Crippen molar-refractivity contribution in [3.63, 3.8) is 0 Å². The van der Waals surface area contributed by atoms with Crippen molar-refractivity contribution in [2.45, 2.75) is 12.9 Å². The molecule has 0 radical (unpaired) electrons. The Hall–Kier alpha value is -3.40. The number of rotatable bonds is 8. The van der Waals surface area contributed by atoms with E-state index in [1.54, 1.807) is 24.3 Å². The number of Topliss-reactive ketones (excluding diaryl/α,β-unsaturated/α-hetero) is 1. The van der Waals surface area contributed by atoms with Gasteiger partial charge in [-0.2, -0.15) is 0 Å². The Morgan fingerprint density at radius 3 is 2.31 bits per heavy atom. The van der Waals surface area contributed by atoms with Crippen molar-refractivity contribution in [1.29, 1.82) is 0 Å². The Morgan fingerprint density at radius 1 is 1.12 bits per heavy atom. The summed E-state index contributed by atoms with van der Waals surface area (Å²) in [6.07, 6.45) is -2.88. The quantitative estimate of drug-likeness (QED) is 0.484. The Kier molecular flexibility index (Phi) is 6.28. The van der Waals surface area contributed by atoms with Crippen molar-refractivity contribution < 1.29 is 39.2 Å². The Labute approximate surface area is 148 Å². The minimum absolute atomic E-state index is 0.0197. The van der Waals surface area contributed by atoms with Crippen LogP contribution in [-0.4, -0.2) is 51.9 Å². The van der Waals surface area contributed by atoms with Crippen LogP contribution in [0.5, 0.6) is 17.5 Å². The van der Waals surface area contributed by atoms with Gasteiger partial charge in [0.15, 0.2) is 0 Å². The first kappa shape index (κ1) is 18.9. The first-order valence-electron chi connectivity index (χ1n) is 7.42. The van der Waals surface area contributed by atoms with Crippen LogP contribution in [0.15, 0.2) is 36.4 Å². The molecule has 0 aliphatic carbocycles. The molecule has 4 N–H and O–H groups in total. The molecule has 1 unspecified atom stereocenters. The van der Waals surface area contributed by atoms with Crippen LogP contribution in [0.3, 0.4) is 0 Å². The highest BCUT2D eigenvalue weighted by atomic mass is 16.8. The van der Waals surface area contributed by atoms with Gasteiger partial charge in [-0.25, -0.2) is 4.79 Å². The van der Waals surface area contributed by atoms with E-state index in [0.29, 0.717) is 16.0 Å². The van der Waals surface area contributed by atoms with Gasteiger partial charge in [0.05, 0.1) is 13.7 Å². The summed E-state index contributed by atoms with van der Waals surface area (Å²) < 4.78 is 10.4. The molecule has 1 aromatic heterocycles. The maximum atomic E-state index is 11.7. The molecule has 1 amide bonds. The minimum atomic E-state index is -2.01. The SMILES string of the molecule is COc1ccc(COC(=O)NCC(=O)C(O)On2c(O)ccc2O)cc1. The van der Waals surface area contributed by atoms with Crippen LogP contribution < -0.4 is 14.9 Å². The van der Waals surface area contributed by atoms with Gasteiger partial charge in [0.1, 0.15) is 12.4 Å². The molecule has 1 heterocycles. The number of hydrogen-bond donors (Lipinski definition) is 4. The van der Waals surface area contributed by atoms with E-state index in [0.717, 1.165) is 12.1 Å². The molecule has 2 rings (SSSR count). The van der Waals surface area contributed by atoms with Crippen LogP contribution in [-0.2, 0) is 16.1 Å². The van der Waals surface area contributed by atoms with Gasteiger partial charge in [-0.15, -0.1) is 4.73 Å². The van der Waals surface area contributed by atoms with E-state index in [-0.39, 0.29) is 6.61 Å². The molecular weight excluding hydrogens is 348 g/mol. The number of hydrogen-bond acceptors (Lipinski definition) is 8. The molecule has 2 aromatic rings. The van der Waals surface area contributed by atoms with Crippen LogP contribution in [0.25, 0.3) is 0 Å². The van der Waals surface area contributed by atoms with Crippen molar-refractivity contribution in [2.24, 2.45) is 0 Å². The van der Waals surface area contributed by atoms with Gasteiger partial charge in [-0.3, -0.25) is 4.79 Å². The average molecular weight is 366 g/mol. The summed E-state index contributed by atoms with van der Waals surface area (Å²) in [5.74, 6) is -1.28. The number of carbonyl (C=O) groups excluding carboxylic acids is 2. The molecule has 1 aromatic carbocycles. The lowest BCUT2D eigenvalue weighted by atomic mass is 10.2. The molecule has 0 saturated heterocycles. The van der Waals surface area contributed by atoms with Crippen molar-refractivity contribution in [1.82, 2.24) is 10.0 Å². The zero-order chi connectivity index (χ0) is 19.1. The van der Waals surface area contributed by atoms with Crippen molar-refractivity contribution >= 4 is 11.9 Å². The van der Waals surface area contributed by atoms with E-state index < -0.39 is 36.5 Å². The van der Waals surface area contributed by atoms with Crippen molar-refractivity contribution in [2.75, 3.05) is 13.7 Å². The Morgan fingerprint density at radius 2 is 1.73 bits per heavy atom. The smallest absolute Gasteiger partial charge is 0.407 e. The highest BCUT2D eigenvalue weighted by Crippen LogP contribution is 2.19. The van der Waals surface area contributed by atoms with Gasteiger partial charge in [0.2, 0.25) is 17.5 Å². The molecule has 0 aliphatic heterocycles. The fourth-order valence-electron chi connectivity index (χ4n) is 1.84. The second-order valence-corrected chi connectivity index (χ2v) is 5.05. The number of aromatic nitrogens is 1. The summed E-state index contributed by atoms with van der Waals surface area (Å²) in [6.45, 7) is -0.598. The third kappa shape index (κ3) is 5.05. The Balaban J connectivity index is 1.74. The molecule has 140 valence electrons. The maximum Gasteiger partial charge on any atom is 0.407 e. The van der Waals surface area contributed by atoms with Gasteiger partial charge < -0.3 is 34.9 Å². The largest absolute Gasteiger partial charge is 0.497 e. The number of nitrogens with one attached hydrogen (secondary N) is 1. The number of aromatic hydroxyl groups is 2. The van der Waals surface area contributed by atoms with Gasteiger partial charge >= 0.3 is 6.09 Å². The molecule has 0 bridgehead atoms. The number of aliphatic hydroxyl groups excluding tert-OH is 1. The van der Waals surface area contributed by atoms with E-state index in [1.165, 1.54) is 7.11 Å². The lowest BCUT2D eigenvalue weighted by Crippen LogP contribution is -2.40. The molecule has 10 nitrogen and oxygen atoms in total. The number of ether oxygens (including phenoxy) is 2. The number of benzene rings is 1. The summed E-state index contributed by atoms with van der Waals surface area (Å²) in [5.41, 5.74) is 0.717. The fraction of sp³-hybridized carbons (Fsp3) is 0.250. The van der Waals surface area contributed by atoms with E-state index in [1.807, 2.05) is 0 Å². The summed E-state index contributed by atoms with van der Waals surface area (Å²) >= 11 is 0. The lowest BCUT2D eigenvalue weighted by molar-refractivity contribution is -0.157. The van der Waals surface area contributed by atoms with Crippen molar-refractivity contribution in [3.05, 3.63) is 42.0 Å². The second kappa shape index (κ2) is 8.62. The number of nitrogens with zero attached hydrogens (tertiary/aromatic N) is 1. The van der Waals surface area contributed by atoms with Gasteiger partial charge in [-0.1, -0.05) is 12.1 Å². The van der Waals surface area contributed by atoms with Gasteiger partial charge in [0, 0.05) is 12.1 Å². The van der Waals surface area contributed by atoms with Crippen LogP contribution in [0.1, 0.15) is 5.56 Å². The molecule has 0 spiro atoms. The molecule has 1 atom stereocenters. The second-order valence-electron chi connectivity index (χ2n) is 5.05. The third-order valence-corrected chi connectivity index (χ3v) is 3.21. The monoisotopic (exact) mass is 366 g/mol. The van der Waals surface area contributed by atoms with Gasteiger partial charge in [-0.05, 0) is 17.7 Å². The molecule has 0 saturated carbocycles. The molecule has 0 aliphatic rings. The summed E-state index contributed by atoms with van der Waals surface area (Å²) in [4.78, 5) is 28.0. The molecule has 0 fully saturated rings. The normalized spacial score (nSPS) is 11.5. The number of ketones is 1. The number of alkyl carbamates (subject to hydrolysis) is 1. The van der Waals surface area contributed by atoms with Crippen LogP contribution in [0, 0.1) is 0 Å². The summed E-state index contributed by atoms with van der Waals surface area (Å²) in [7, 11) is 1.53. The van der Waals surface area contributed by atoms with Crippen LogP contribution in [0.4, 0.5) is 4.79 Å². The maximum absolute atomic E-state index is 11.7. The lowest BCUT2D eigenvalue weighted by Gasteiger charge is -2.14. The first-order valence-corrected chi connectivity index (χ1v) is 7.42. The predicted molar refractivity (Wildman–Crippen MR) is 86.5 cm³/mol. The van der Waals surface area contributed by atoms with Crippen molar-refractivity contribution in [3.8, 4) is 17.5 Å². The minimum Gasteiger partial charge on any atom is -0.497 e. The standard InChI is InChI=1S/C16H18N2O8/c1-24-11-4-2-10(3-5-11)9-25-16(23)17-8-12(19)15(22)26-18-13(20)6-7-14(18)21/h2-7,15,20-22H,8-9H2,1H3,(H,17,23). The summed E-state index contributed by atoms with van der Waals surface area (Å²) in [6, 6.07) is 9.04. The van der Waals surface area contributed by atoms with Crippen LogP contribution in [0.2, 0.25) is 0 Å². The third-order valence-electron chi connectivity index (χ3n) is 3.21. The topological polar surface area (TPSA) is 139 Å².